The summed E-state index contributed by atoms with van der Waals surface area (Å²) < 4.78 is 10.2. The van der Waals surface area contributed by atoms with E-state index in [2.05, 4.69) is 0 Å². The molecule has 1 atom stereocenters. The third-order valence-electron chi connectivity index (χ3n) is 2.28. The third-order valence-corrected chi connectivity index (χ3v) is 2.28. The highest BCUT2D eigenvalue weighted by molar-refractivity contribution is 5.77. The van der Waals surface area contributed by atoms with Gasteiger partial charge in [0.1, 0.15) is 6.61 Å². The van der Waals surface area contributed by atoms with E-state index in [9.17, 15) is 4.79 Å². The van der Waals surface area contributed by atoms with Gasteiger partial charge in [0.25, 0.3) is 0 Å². The zero-order valence-corrected chi connectivity index (χ0v) is 8.28. The lowest BCUT2D eigenvalue weighted by Gasteiger charge is -2.22. The molecule has 0 bridgehead atoms. The van der Waals surface area contributed by atoms with Crippen LogP contribution >= 0.6 is 0 Å². The highest BCUT2D eigenvalue weighted by atomic mass is 16.5. The fourth-order valence-electron chi connectivity index (χ4n) is 1.32. The van der Waals surface area contributed by atoms with Gasteiger partial charge in [-0.25, -0.2) is 0 Å². The summed E-state index contributed by atoms with van der Waals surface area (Å²) in [6.07, 6.45) is 0.939. The van der Waals surface area contributed by atoms with Crippen LogP contribution in [0, 0.1) is 0 Å². The minimum Gasteiger partial charge on any atom is -0.379 e. The van der Waals surface area contributed by atoms with Crippen molar-refractivity contribution in [3.05, 3.63) is 0 Å². The Bertz CT molecular complexity index is 166. The summed E-state index contributed by atoms with van der Waals surface area (Å²) in [5, 5.41) is 0. The summed E-state index contributed by atoms with van der Waals surface area (Å²) in [6, 6.07) is 0.243. The molecule has 0 aromatic carbocycles. The van der Waals surface area contributed by atoms with E-state index in [0.29, 0.717) is 13.2 Å². The topological polar surface area (TPSA) is 38.8 Å². The Morgan fingerprint density at radius 1 is 1.69 bits per heavy atom. The monoisotopic (exact) mass is 187 g/mol. The average Bonchev–Trinajstić information content (AvgIpc) is 2.65. The fraction of sp³-hybridized carbons (Fsp3) is 0.889. The van der Waals surface area contributed by atoms with Crippen LogP contribution in [0.15, 0.2) is 0 Å². The molecule has 0 aromatic heterocycles. The Kier molecular flexibility index (Phi) is 4.18. The van der Waals surface area contributed by atoms with Crippen LogP contribution in [0.1, 0.15) is 13.3 Å². The van der Waals surface area contributed by atoms with Gasteiger partial charge < -0.3 is 14.4 Å². The summed E-state index contributed by atoms with van der Waals surface area (Å²) in [5.74, 6) is 0.0392. The lowest BCUT2D eigenvalue weighted by Crippen LogP contribution is -2.39. The van der Waals surface area contributed by atoms with Gasteiger partial charge in [0.15, 0.2) is 0 Å². The summed E-state index contributed by atoms with van der Waals surface area (Å²) in [7, 11) is 1.81. The van der Waals surface area contributed by atoms with E-state index >= 15 is 0 Å². The van der Waals surface area contributed by atoms with Gasteiger partial charge in [-0.2, -0.15) is 0 Å². The zero-order valence-electron chi connectivity index (χ0n) is 8.28. The van der Waals surface area contributed by atoms with E-state index in [1.807, 2.05) is 6.92 Å². The lowest BCUT2D eigenvalue weighted by atomic mass is 10.2. The van der Waals surface area contributed by atoms with E-state index in [1.165, 1.54) is 0 Å². The van der Waals surface area contributed by atoms with Crippen molar-refractivity contribution in [2.24, 2.45) is 0 Å². The molecule has 0 radical (unpaired) electrons. The predicted molar refractivity (Wildman–Crippen MR) is 48.5 cm³/mol. The van der Waals surface area contributed by atoms with E-state index in [-0.39, 0.29) is 18.6 Å². The minimum atomic E-state index is 0.0392. The lowest BCUT2D eigenvalue weighted by molar-refractivity contribution is -0.136. The SMILES string of the molecule is CCOCC(=O)N(C)C1CCOC1. The second-order valence-corrected chi connectivity index (χ2v) is 3.16. The smallest absolute Gasteiger partial charge is 0.248 e. The van der Waals surface area contributed by atoms with Gasteiger partial charge in [-0.05, 0) is 13.3 Å². The van der Waals surface area contributed by atoms with Crippen LogP contribution < -0.4 is 0 Å². The van der Waals surface area contributed by atoms with Crippen molar-refractivity contribution in [3.8, 4) is 0 Å². The van der Waals surface area contributed by atoms with Crippen molar-refractivity contribution in [1.29, 1.82) is 0 Å². The van der Waals surface area contributed by atoms with Gasteiger partial charge in [0, 0.05) is 20.3 Å². The normalized spacial score (nSPS) is 21.8. The molecule has 0 spiro atoms. The van der Waals surface area contributed by atoms with E-state index in [1.54, 1.807) is 11.9 Å². The van der Waals surface area contributed by atoms with Crippen LogP contribution in [0.3, 0.4) is 0 Å². The second-order valence-electron chi connectivity index (χ2n) is 3.16. The Morgan fingerprint density at radius 3 is 3.00 bits per heavy atom. The van der Waals surface area contributed by atoms with Crippen LogP contribution in [0.25, 0.3) is 0 Å². The van der Waals surface area contributed by atoms with Crippen molar-refractivity contribution in [2.45, 2.75) is 19.4 Å². The predicted octanol–water partition coefficient (Wildman–Crippen LogP) is 0.270. The molecular weight excluding hydrogens is 170 g/mol. The molecule has 0 aromatic rings. The largest absolute Gasteiger partial charge is 0.379 e. The average molecular weight is 187 g/mol. The summed E-state index contributed by atoms with van der Waals surface area (Å²) >= 11 is 0. The maximum absolute atomic E-state index is 11.4. The fourth-order valence-corrected chi connectivity index (χ4v) is 1.32. The van der Waals surface area contributed by atoms with Gasteiger partial charge in [-0.1, -0.05) is 0 Å². The quantitative estimate of drug-likeness (QED) is 0.634. The van der Waals surface area contributed by atoms with Crippen LogP contribution in [-0.2, 0) is 14.3 Å². The van der Waals surface area contributed by atoms with Crippen molar-refractivity contribution in [2.75, 3.05) is 33.5 Å². The van der Waals surface area contributed by atoms with Crippen molar-refractivity contribution < 1.29 is 14.3 Å². The third kappa shape index (κ3) is 2.97. The molecule has 0 saturated carbocycles. The highest BCUT2D eigenvalue weighted by Gasteiger charge is 2.23. The molecule has 4 nitrogen and oxygen atoms in total. The van der Waals surface area contributed by atoms with Crippen molar-refractivity contribution >= 4 is 5.91 Å². The van der Waals surface area contributed by atoms with Crippen LogP contribution in [0.5, 0.6) is 0 Å². The van der Waals surface area contributed by atoms with Crippen LogP contribution in [0.4, 0.5) is 0 Å². The van der Waals surface area contributed by atoms with E-state index in [4.69, 9.17) is 9.47 Å². The number of rotatable bonds is 4. The molecule has 76 valence electrons. The maximum atomic E-state index is 11.4. The Hall–Kier alpha value is -0.610. The maximum Gasteiger partial charge on any atom is 0.248 e. The first-order valence-electron chi connectivity index (χ1n) is 4.67. The van der Waals surface area contributed by atoms with Crippen molar-refractivity contribution in [3.63, 3.8) is 0 Å². The molecule has 0 aliphatic carbocycles. The van der Waals surface area contributed by atoms with Gasteiger partial charge >= 0.3 is 0 Å². The van der Waals surface area contributed by atoms with E-state index < -0.39 is 0 Å². The van der Waals surface area contributed by atoms with Crippen molar-refractivity contribution in [1.82, 2.24) is 4.90 Å². The molecule has 1 amide bonds. The number of ether oxygens (including phenoxy) is 2. The standard InChI is InChI=1S/C9H17NO3/c1-3-12-7-9(11)10(2)8-4-5-13-6-8/h8H,3-7H2,1-2H3. The summed E-state index contributed by atoms with van der Waals surface area (Å²) in [5.41, 5.74) is 0. The number of nitrogens with zero attached hydrogens (tertiary/aromatic N) is 1. The first-order valence-corrected chi connectivity index (χ1v) is 4.67. The molecule has 1 unspecified atom stereocenters. The van der Waals surface area contributed by atoms with E-state index in [0.717, 1.165) is 13.0 Å². The number of carbonyl (C=O) groups excluding carboxylic acids is 1. The molecule has 1 aliphatic rings. The van der Waals surface area contributed by atoms with Gasteiger partial charge in [-0.3, -0.25) is 4.79 Å². The number of hydrogen-bond acceptors (Lipinski definition) is 3. The van der Waals surface area contributed by atoms with Gasteiger partial charge in [0.2, 0.25) is 5.91 Å². The Labute approximate surface area is 78.8 Å². The summed E-state index contributed by atoms with van der Waals surface area (Å²) in [6.45, 7) is 4.07. The molecule has 0 N–H and O–H groups in total. The van der Waals surface area contributed by atoms with Gasteiger partial charge in [-0.15, -0.1) is 0 Å². The number of likely N-dealkylation sites (N-methyl/N-ethyl adjacent to an activating group) is 1. The number of amides is 1. The molecule has 1 heterocycles. The number of hydrogen-bond donors (Lipinski definition) is 0. The molecule has 1 aliphatic heterocycles. The minimum absolute atomic E-state index is 0.0392. The Morgan fingerprint density at radius 2 is 2.46 bits per heavy atom. The Balaban J connectivity index is 2.28. The molecule has 1 fully saturated rings. The first kappa shape index (κ1) is 10.5. The second kappa shape index (κ2) is 5.19. The zero-order chi connectivity index (χ0) is 9.68. The molecular formula is C9H17NO3. The van der Waals surface area contributed by atoms with Gasteiger partial charge in [0.05, 0.1) is 12.6 Å². The molecule has 13 heavy (non-hydrogen) atoms. The van der Waals surface area contributed by atoms with Crippen LogP contribution in [0.2, 0.25) is 0 Å². The van der Waals surface area contributed by atoms with Crippen LogP contribution in [-0.4, -0.2) is 50.3 Å². The number of carbonyl (C=O) groups is 1. The molecule has 1 rings (SSSR count). The highest BCUT2D eigenvalue weighted by Crippen LogP contribution is 2.10. The molecule has 1 saturated heterocycles. The summed E-state index contributed by atoms with van der Waals surface area (Å²) in [4.78, 5) is 13.2. The first-order chi connectivity index (χ1) is 6.25. The molecule has 4 heteroatoms.